The zero-order valence-corrected chi connectivity index (χ0v) is 15.7. The van der Waals surface area contributed by atoms with E-state index in [1.54, 1.807) is 25.1 Å². The Bertz CT molecular complexity index is 600. The first-order valence-corrected chi connectivity index (χ1v) is 9.33. The lowest BCUT2D eigenvalue weighted by molar-refractivity contribution is -0.128. The summed E-state index contributed by atoms with van der Waals surface area (Å²) in [6, 6.07) is 5.28. The zero-order chi connectivity index (χ0) is 18.2. The molecule has 0 bridgehead atoms. The molecule has 0 aliphatic heterocycles. The van der Waals surface area contributed by atoms with Gasteiger partial charge in [0.1, 0.15) is 5.75 Å². The van der Waals surface area contributed by atoms with E-state index in [4.69, 9.17) is 16.3 Å². The average molecular weight is 367 g/mol. The maximum absolute atomic E-state index is 12.1. The monoisotopic (exact) mass is 366 g/mol. The molecule has 0 radical (unpaired) electrons. The van der Waals surface area contributed by atoms with Gasteiger partial charge in [0.2, 0.25) is 5.91 Å². The Hall–Kier alpha value is -1.75. The van der Waals surface area contributed by atoms with E-state index in [1.165, 1.54) is 6.42 Å². The number of hydrogen-bond donors (Lipinski definition) is 2. The molecule has 1 aliphatic rings. The summed E-state index contributed by atoms with van der Waals surface area (Å²) >= 11 is 5.91. The number of carbonyl (C=O) groups excluding carboxylic acids is 2. The van der Waals surface area contributed by atoms with E-state index < -0.39 is 6.10 Å². The van der Waals surface area contributed by atoms with Gasteiger partial charge in [0, 0.05) is 24.0 Å². The van der Waals surface area contributed by atoms with Gasteiger partial charge in [-0.1, -0.05) is 30.9 Å². The average Bonchev–Trinajstić information content (AvgIpc) is 2.61. The second-order valence-electron chi connectivity index (χ2n) is 6.59. The number of nitrogens with one attached hydrogen (secondary N) is 2. The molecule has 2 N–H and O–H groups in total. The molecule has 5 nitrogen and oxygen atoms in total. The topological polar surface area (TPSA) is 67.4 Å². The lowest BCUT2D eigenvalue weighted by Crippen LogP contribution is -2.42. The Morgan fingerprint density at radius 1 is 1.20 bits per heavy atom. The van der Waals surface area contributed by atoms with Crippen LogP contribution in [-0.2, 0) is 9.59 Å². The van der Waals surface area contributed by atoms with Crippen LogP contribution in [0.5, 0.6) is 5.75 Å². The SMILES string of the molecule is Cc1cc(Cl)ccc1OC(C)C(=O)NCCNC(=O)C1CCCCC1. The van der Waals surface area contributed by atoms with Gasteiger partial charge in [0.25, 0.3) is 5.91 Å². The van der Waals surface area contributed by atoms with E-state index >= 15 is 0 Å². The maximum Gasteiger partial charge on any atom is 0.260 e. The minimum absolute atomic E-state index is 0.107. The molecule has 1 fully saturated rings. The van der Waals surface area contributed by atoms with Crippen molar-refractivity contribution < 1.29 is 14.3 Å². The van der Waals surface area contributed by atoms with Gasteiger partial charge in [-0.25, -0.2) is 0 Å². The summed E-state index contributed by atoms with van der Waals surface area (Å²) in [6.07, 6.45) is 4.83. The molecule has 0 aromatic heterocycles. The number of ether oxygens (including phenoxy) is 1. The van der Waals surface area contributed by atoms with Gasteiger partial charge in [-0.05, 0) is 50.5 Å². The minimum atomic E-state index is -0.617. The van der Waals surface area contributed by atoms with Crippen molar-refractivity contribution in [3.8, 4) is 5.75 Å². The number of rotatable bonds is 7. The lowest BCUT2D eigenvalue weighted by atomic mass is 9.89. The molecule has 1 aromatic carbocycles. The predicted molar refractivity (Wildman–Crippen MR) is 98.9 cm³/mol. The lowest BCUT2D eigenvalue weighted by Gasteiger charge is -2.21. The van der Waals surface area contributed by atoms with Crippen LogP contribution in [0, 0.1) is 12.8 Å². The summed E-state index contributed by atoms with van der Waals surface area (Å²) in [5.41, 5.74) is 0.881. The van der Waals surface area contributed by atoms with Gasteiger partial charge in [0.15, 0.2) is 6.10 Å². The third-order valence-electron chi connectivity index (χ3n) is 4.51. The van der Waals surface area contributed by atoms with Crippen LogP contribution in [-0.4, -0.2) is 31.0 Å². The van der Waals surface area contributed by atoms with Gasteiger partial charge in [-0.2, -0.15) is 0 Å². The molecule has 0 saturated heterocycles. The van der Waals surface area contributed by atoms with Crippen LogP contribution >= 0.6 is 11.6 Å². The van der Waals surface area contributed by atoms with Crippen molar-refractivity contribution in [2.75, 3.05) is 13.1 Å². The van der Waals surface area contributed by atoms with Crippen LogP contribution in [0.15, 0.2) is 18.2 Å². The van der Waals surface area contributed by atoms with Crippen molar-refractivity contribution in [1.29, 1.82) is 0 Å². The van der Waals surface area contributed by atoms with Crippen molar-refractivity contribution in [3.05, 3.63) is 28.8 Å². The summed E-state index contributed by atoms with van der Waals surface area (Å²) in [5.74, 6) is 0.675. The summed E-state index contributed by atoms with van der Waals surface area (Å²) < 4.78 is 5.68. The molecule has 1 aliphatic carbocycles. The Labute approximate surface area is 154 Å². The fourth-order valence-corrected chi connectivity index (χ4v) is 3.24. The number of amides is 2. The Kier molecular flexibility index (Phi) is 7.56. The van der Waals surface area contributed by atoms with Crippen LogP contribution in [0.3, 0.4) is 0 Å². The van der Waals surface area contributed by atoms with Gasteiger partial charge in [-0.3, -0.25) is 9.59 Å². The smallest absolute Gasteiger partial charge is 0.260 e. The van der Waals surface area contributed by atoms with E-state index in [0.29, 0.717) is 23.9 Å². The van der Waals surface area contributed by atoms with Crippen molar-refractivity contribution >= 4 is 23.4 Å². The van der Waals surface area contributed by atoms with Crippen LogP contribution < -0.4 is 15.4 Å². The van der Waals surface area contributed by atoms with E-state index in [1.807, 2.05) is 6.92 Å². The molecule has 2 rings (SSSR count). The molecule has 0 spiro atoms. The molecule has 1 aromatic rings. The largest absolute Gasteiger partial charge is 0.481 e. The summed E-state index contributed by atoms with van der Waals surface area (Å²) in [7, 11) is 0. The van der Waals surface area contributed by atoms with Crippen LogP contribution in [0.4, 0.5) is 0 Å². The first kappa shape index (κ1) is 19.6. The Balaban J connectivity index is 1.68. The molecule has 1 unspecified atom stereocenters. The van der Waals surface area contributed by atoms with Crippen molar-refractivity contribution in [3.63, 3.8) is 0 Å². The summed E-state index contributed by atoms with van der Waals surface area (Å²) in [5, 5.41) is 6.32. The zero-order valence-electron chi connectivity index (χ0n) is 14.9. The second-order valence-corrected chi connectivity index (χ2v) is 7.02. The highest BCUT2D eigenvalue weighted by molar-refractivity contribution is 6.30. The molecule has 1 saturated carbocycles. The van der Waals surface area contributed by atoms with Crippen molar-refractivity contribution in [1.82, 2.24) is 10.6 Å². The Morgan fingerprint density at radius 3 is 2.56 bits per heavy atom. The molecule has 1 atom stereocenters. The van der Waals surface area contributed by atoms with E-state index in [-0.39, 0.29) is 17.7 Å². The molecule has 25 heavy (non-hydrogen) atoms. The number of benzene rings is 1. The van der Waals surface area contributed by atoms with Gasteiger partial charge in [-0.15, -0.1) is 0 Å². The fourth-order valence-electron chi connectivity index (χ4n) is 3.01. The first-order chi connectivity index (χ1) is 12.0. The van der Waals surface area contributed by atoms with E-state index in [2.05, 4.69) is 10.6 Å². The quantitative estimate of drug-likeness (QED) is 0.728. The third kappa shape index (κ3) is 6.24. The van der Waals surface area contributed by atoms with Crippen LogP contribution in [0.1, 0.15) is 44.6 Å². The maximum atomic E-state index is 12.1. The van der Waals surface area contributed by atoms with Crippen molar-refractivity contribution in [2.24, 2.45) is 5.92 Å². The first-order valence-electron chi connectivity index (χ1n) is 8.95. The molecular formula is C19H27ClN2O3. The highest BCUT2D eigenvalue weighted by Crippen LogP contribution is 2.24. The third-order valence-corrected chi connectivity index (χ3v) is 4.74. The summed E-state index contributed by atoms with van der Waals surface area (Å²) in [6.45, 7) is 4.41. The number of carbonyl (C=O) groups is 2. The second kappa shape index (κ2) is 9.66. The normalized spacial score (nSPS) is 16.1. The Morgan fingerprint density at radius 2 is 1.88 bits per heavy atom. The van der Waals surface area contributed by atoms with Crippen LogP contribution in [0.25, 0.3) is 0 Å². The fraction of sp³-hybridized carbons (Fsp3) is 0.579. The highest BCUT2D eigenvalue weighted by Gasteiger charge is 2.20. The summed E-state index contributed by atoms with van der Waals surface area (Å²) in [4.78, 5) is 24.1. The molecule has 2 amide bonds. The number of hydrogen-bond acceptors (Lipinski definition) is 3. The number of aryl methyl sites for hydroxylation is 1. The molecule has 0 heterocycles. The predicted octanol–water partition coefficient (Wildman–Crippen LogP) is 3.23. The van der Waals surface area contributed by atoms with Gasteiger partial charge < -0.3 is 15.4 Å². The standard InChI is InChI=1S/C19H27ClN2O3/c1-13-12-16(20)8-9-17(13)25-14(2)18(23)21-10-11-22-19(24)15-6-4-3-5-7-15/h8-9,12,14-15H,3-7,10-11H2,1-2H3,(H,21,23)(H,22,24). The highest BCUT2D eigenvalue weighted by atomic mass is 35.5. The van der Waals surface area contributed by atoms with E-state index in [9.17, 15) is 9.59 Å². The molecular weight excluding hydrogens is 340 g/mol. The van der Waals surface area contributed by atoms with Crippen molar-refractivity contribution in [2.45, 2.75) is 52.1 Å². The van der Waals surface area contributed by atoms with E-state index in [0.717, 1.165) is 31.2 Å². The molecule has 6 heteroatoms. The van der Waals surface area contributed by atoms with Gasteiger partial charge in [0.05, 0.1) is 0 Å². The minimum Gasteiger partial charge on any atom is -0.481 e. The van der Waals surface area contributed by atoms with Crippen LogP contribution in [0.2, 0.25) is 5.02 Å². The van der Waals surface area contributed by atoms with Gasteiger partial charge >= 0.3 is 0 Å². The molecule has 138 valence electrons. The number of halogens is 1.